The molecule has 0 radical (unpaired) electrons. The average molecular weight is 193 g/mol. The molecule has 1 aromatic carbocycles. The number of rotatable bonds is 4. The second-order valence-corrected chi connectivity index (χ2v) is 3.39. The zero-order valence-corrected chi connectivity index (χ0v) is 8.68. The third-order valence-corrected chi connectivity index (χ3v) is 2.28. The summed E-state index contributed by atoms with van der Waals surface area (Å²) >= 11 is 0. The fraction of sp³-hybridized carbons (Fsp3) is 0.333. The molecule has 76 valence electrons. The zero-order valence-electron chi connectivity index (χ0n) is 8.68. The molecule has 0 aliphatic rings. The summed E-state index contributed by atoms with van der Waals surface area (Å²) in [6, 6.07) is 5.18. The minimum atomic E-state index is -0.156. The molecule has 0 bridgehead atoms. The van der Waals surface area contributed by atoms with Crippen molar-refractivity contribution < 1.29 is 4.39 Å². The highest BCUT2D eigenvalue weighted by Gasteiger charge is 2.11. The van der Waals surface area contributed by atoms with Crippen LogP contribution in [0.1, 0.15) is 23.6 Å². The van der Waals surface area contributed by atoms with Crippen molar-refractivity contribution in [3.63, 3.8) is 0 Å². The van der Waals surface area contributed by atoms with Gasteiger partial charge in [-0.15, -0.1) is 6.58 Å². The number of hydrogen-bond donors (Lipinski definition) is 1. The van der Waals surface area contributed by atoms with Crippen LogP contribution in [-0.4, -0.2) is 7.05 Å². The molecule has 0 spiro atoms. The molecule has 0 aliphatic heterocycles. The number of hydrogen-bond acceptors (Lipinski definition) is 1. The normalized spacial score (nSPS) is 12.5. The van der Waals surface area contributed by atoms with E-state index in [1.54, 1.807) is 12.1 Å². The Kier molecular flexibility index (Phi) is 3.84. The summed E-state index contributed by atoms with van der Waals surface area (Å²) in [6.07, 6.45) is 2.53. The Morgan fingerprint density at radius 2 is 2.29 bits per heavy atom. The highest BCUT2D eigenvalue weighted by molar-refractivity contribution is 5.27. The van der Waals surface area contributed by atoms with Crippen molar-refractivity contribution in [2.24, 2.45) is 0 Å². The van der Waals surface area contributed by atoms with E-state index in [4.69, 9.17) is 0 Å². The van der Waals surface area contributed by atoms with Gasteiger partial charge in [0.15, 0.2) is 0 Å². The van der Waals surface area contributed by atoms with Gasteiger partial charge in [-0.25, -0.2) is 4.39 Å². The highest BCUT2D eigenvalue weighted by Crippen LogP contribution is 2.21. The Labute approximate surface area is 84.6 Å². The van der Waals surface area contributed by atoms with Crippen LogP contribution in [0.15, 0.2) is 30.9 Å². The molecule has 1 N–H and O–H groups in total. The summed E-state index contributed by atoms with van der Waals surface area (Å²) in [5.41, 5.74) is 1.79. The lowest BCUT2D eigenvalue weighted by Gasteiger charge is -2.15. The molecule has 1 atom stereocenters. The second kappa shape index (κ2) is 4.91. The fourth-order valence-electron chi connectivity index (χ4n) is 1.50. The fourth-order valence-corrected chi connectivity index (χ4v) is 1.50. The standard InChI is InChI=1S/C12H16FN/c1-4-5-12(14-3)10-8-9(2)6-7-11(10)13/h4,6-8,12,14H,1,5H2,2-3H3. The minimum Gasteiger partial charge on any atom is -0.313 e. The van der Waals surface area contributed by atoms with Crippen molar-refractivity contribution in [3.05, 3.63) is 47.8 Å². The third-order valence-electron chi connectivity index (χ3n) is 2.28. The van der Waals surface area contributed by atoms with Gasteiger partial charge in [0.2, 0.25) is 0 Å². The minimum absolute atomic E-state index is 0.0207. The summed E-state index contributed by atoms with van der Waals surface area (Å²) in [7, 11) is 1.83. The van der Waals surface area contributed by atoms with Crippen molar-refractivity contribution in [1.82, 2.24) is 5.32 Å². The second-order valence-electron chi connectivity index (χ2n) is 3.39. The van der Waals surface area contributed by atoms with Crippen LogP contribution >= 0.6 is 0 Å². The SMILES string of the molecule is C=CCC(NC)c1cc(C)ccc1F. The first-order valence-electron chi connectivity index (χ1n) is 4.73. The molecule has 1 nitrogen and oxygen atoms in total. The van der Waals surface area contributed by atoms with Crippen molar-refractivity contribution in [3.8, 4) is 0 Å². The predicted octanol–water partition coefficient (Wildman–Crippen LogP) is 2.97. The van der Waals surface area contributed by atoms with Crippen LogP contribution in [0.3, 0.4) is 0 Å². The molecule has 1 aromatic rings. The van der Waals surface area contributed by atoms with Crippen LogP contribution in [0.4, 0.5) is 4.39 Å². The highest BCUT2D eigenvalue weighted by atomic mass is 19.1. The predicted molar refractivity (Wildman–Crippen MR) is 57.8 cm³/mol. The lowest BCUT2D eigenvalue weighted by molar-refractivity contribution is 0.539. The number of nitrogens with one attached hydrogen (secondary N) is 1. The third kappa shape index (κ3) is 2.42. The molecule has 1 rings (SSSR count). The summed E-state index contributed by atoms with van der Waals surface area (Å²) in [5, 5.41) is 3.08. The summed E-state index contributed by atoms with van der Waals surface area (Å²) in [4.78, 5) is 0. The van der Waals surface area contributed by atoms with Gasteiger partial charge in [-0.05, 0) is 26.5 Å². The number of halogens is 1. The molecule has 0 saturated heterocycles. The molecule has 1 unspecified atom stereocenters. The van der Waals surface area contributed by atoms with E-state index in [1.807, 2.05) is 20.0 Å². The van der Waals surface area contributed by atoms with Crippen LogP contribution in [0.25, 0.3) is 0 Å². The molecule has 0 fully saturated rings. The van der Waals surface area contributed by atoms with Gasteiger partial charge in [-0.1, -0.05) is 23.8 Å². The Bertz CT molecular complexity index is 320. The monoisotopic (exact) mass is 193 g/mol. The van der Waals surface area contributed by atoms with E-state index in [0.29, 0.717) is 5.56 Å². The van der Waals surface area contributed by atoms with Gasteiger partial charge in [0, 0.05) is 11.6 Å². The van der Waals surface area contributed by atoms with E-state index >= 15 is 0 Å². The summed E-state index contributed by atoms with van der Waals surface area (Å²) in [5.74, 6) is -0.156. The summed E-state index contributed by atoms with van der Waals surface area (Å²) < 4.78 is 13.5. The number of aryl methyl sites for hydroxylation is 1. The Hall–Kier alpha value is -1.15. The van der Waals surface area contributed by atoms with Gasteiger partial charge in [-0.3, -0.25) is 0 Å². The molecule has 2 heteroatoms. The molecular formula is C12H16FN. The first-order valence-corrected chi connectivity index (χ1v) is 4.73. The first-order chi connectivity index (χ1) is 6.69. The van der Waals surface area contributed by atoms with Crippen LogP contribution in [0.5, 0.6) is 0 Å². The molecule has 0 aliphatic carbocycles. The zero-order chi connectivity index (χ0) is 10.6. The summed E-state index contributed by atoms with van der Waals surface area (Å²) in [6.45, 7) is 5.63. The van der Waals surface area contributed by atoms with Crippen molar-refractivity contribution >= 4 is 0 Å². The van der Waals surface area contributed by atoms with E-state index in [0.717, 1.165) is 12.0 Å². The maximum Gasteiger partial charge on any atom is 0.128 e. The Morgan fingerprint density at radius 1 is 1.57 bits per heavy atom. The van der Waals surface area contributed by atoms with Crippen molar-refractivity contribution in [1.29, 1.82) is 0 Å². The topological polar surface area (TPSA) is 12.0 Å². The van der Waals surface area contributed by atoms with Crippen LogP contribution in [0, 0.1) is 12.7 Å². The maximum atomic E-state index is 13.5. The molecule has 0 heterocycles. The van der Waals surface area contributed by atoms with E-state index in [2.05, 4.69) is 11.9 Å². The van der Waals surface area contributed by atoms with Crippen molar-refractivity contribution in [2.45, 2.75) is 19.4 Å². The molecular weight excluding hydrogens is 177 g/mol. The molecule has 0 aromatic heterocycles. The lowest BCUT2D eigenvalue weighted by Crippen LogP contribution is -2.17. The quantitative estimate of drug-likeness (QED) is 0.725. The molecule has 0 amide bonds. The van der Waals surface area contributed by atoms with Gasteiger partial charge >= 0.3 is 0 Å². The lowest BCUT2D eigenvalue weighted by atomic mass is 10.0. The van der Waals surface area contributed by atoms with E-state index in [-0.39, 0.29) is 11.9 Å². The Morgan fingerprint density at radius 3 is 2.86 bits per heavy atom. The van der Waals surface area contributed by atoms with Crippen LogP contribution < -0.4 is 5.32 Å². The van der Waals surface area contributed by atoms with Crippen LogP contribution in [-0.2, 0) is 0 Å². The van der Waals surface area contributed by atoms with Crippen molar-refractivity contribution in [2.75, 3.05) is 7.05 Å². The van der Waals surface area contributed by atoms with Gasteiger partial charge in [-0.2, -0.15) is 0 Å². The smallest absolute Gasteiger partial charge is 0.128 e. The van der Waals surface area contributed by atoms with Crippen LogP contribution in [0.2, 0.25) is 0 Å². The van der Waals surface area contributed by atoms with Gasteiger partial charge in [0.05, 0.1) is 0 Å². The largest absolute Gasteiger partial charge is 0.313 e. The van der Waals surface area contributed by atoms with Gasteiger partial charge < -0.3 is 5.32 Å². The Balaban J connectivity index is 3.01. The average Bonchev–Trinajstić information content (AvgIpc) is 2.18. The van der Waals surface area contributed by atoms with E-state index in [1.165, 1.54) is 6.07 Å². The molecule has 14 heavy (non-hydrogen) atoms. The maximum absolute atomic E-state index is 13.5. The van der Waals surface area contributed by atoms with Gasteiger partial charge in [0.1, 0.15) is 5.82 Å². The van der Waals surface area contributed by atoms with Gasteiger partial charge in [0.25, 0.3) is 0 Å². The van der Waals surface area contributed by atoms with E-state index in [9.17, 15) is 4.39 Å². The number of benzene rings is 1. The molecule has 0 saturated carbocycles. The first kappa shape index (κ1) is 10.9. The van der Waals surface area contributed by atoms with E-state index < -0.39 is 0 Å².